The van der Waals surface area contributed by atoms with Crippen LogP contribution < -0.4 is 0 Å². The van der Waals surface area contributed by atoms with E-state index in [1.807, 2.05) is 13.0 Å². The highest BCUT2D eigenvalue weighted by Gasteiger charge is 2.36. The fourth-order valence-electron chi connectivity index (χ4n) is 1.16. The molecule has 0 aliphatic carbocycles. The Balaban J connectivity index is 2.41. The monoisotopic (exact) mass is 241 g/mol. The van der Waals surface area contributed by atoms with Crippen molar-refractivity contribution in [3.8, 4) is 0 Å². The van der Waals surface area contributed by atoms with E-state index in [4.69, 9.17) is 8.95 Å². The van der Waals surface area contributed by atoms with Gasteiger partial charge in [0.2, 0.25) is 0 Å². The summed E-state index contributed by atoms with van der Waals surface area (Å²) in [6.45, 7) is 13.9. The molecule has 0 aliphatic heterocycles. The predicted molar refractivity (Wildman–Crippen MR) is 68.1 cm³/mol. The number of hydrogen-bond acceptors (Lipinski definition) is 3. The number of aryl methyl sites for hydroxylation is 1. The summed E-state index contributed by atoms with van der Waals surface area (Å²) >= 11 is 0. The van der Waals surface area contributed by atoms with Gasteiger partial charge in [0.15, 0.2) is 8.32 Å². The zero-order valence-corrected chi connectivity index (χ0v) is 12.3. The van der Waals surface area contributed by atoms with Crippen LogP contribution in [0, 0.1) is 6.92 Å². The molecule has 1 rings (SSSR count). The van der Waals surface area contributed by atoms with Gasteiger partial charge in [-0.25, -0.2) is 0 Å². The van der Waals surface area contributed by atoms with Gasteiger partial charge in [-0.1, -0.05) is 25.9 Å². The van der Waals surface area contributed by atoms with Crippen LogP contribution in [0.15, 0.2) is 10.6 Å². The van der Waals surface area contributed by atoms with Gasteiger partial charge in [-0.05, 0) is 25.1 Å². The Kier molecular flexibility index (Phi) is 3.96. The molecule has 3 nitrogen and oxygen atoms in total. The average Bonchev–Trinajstić information content (AvgIpc) is 2.49. The van der Waals surface area contributed by atoms with Crippen LogP contribution in [0.1, 0.15) is 32.2 Å². The van der Waals surface area contributed by atoms with Gasteiger partial charge >= 0.3 is 0 Å². The van der Waals surface area contributed by atoms with Gasteiger partial charge in [0.25, 0.3) is 0 Å². The van der Waals surface area contributed by atoms with Gasteiger partial charge in [-0.15, -0.1) is 0 Å². The number of hydrogen-bond donors (Lipinski definition) is 0. The van der Waals surface area contributed by atoms with Gasteiger partial charge in [-0.3, -0.25) is 0 Å². The summed E-state index contributed by atoms with van der Waals surface area (Å²) in [5, 5.41) is 4.13. The molecular formula is C12H23NO2Si. The Bertz CT molecular complexity index is 339. The van der Waals surface area contributed by atoms with E-state index >= 15 is 0 Å². The maximum absolute atomic E-state index is 6.06. The Morgan fingerprint density at radius 2 is 2.00 bits per heavy atom. The van der Waals surface area contributed by atoms with E-state index in [0.29, 0.717) is 0 Å². The third-order valence-corrected chi connectivity index (χ3v) is 7.83. The van der Waals surface area contributed by atoms with Crippen molar-refractivity contribution in [2.45, 2.75) is 52.2 Å². The molecule has 0 aromatic carbocycles. The van der Waals surface area contributed by atoms with Crippen LogP contribution in [-0.2, 0) is 10.8 Å². The molecule has 0 fully saturated rings. The number of nitrogens with zero attached hydrogens (tertiary/aromatic N) is 1. The first kappa shape index (κ1) is 13.5. The minimum absolute atomic E-state index is 0.268. The topological polar surface area (TPSA) is 35.3 Å². The molecule has 16 heavy (non-hydrogen) atoms. The fraction of sp³-hybridized carbons (Fsp3) is 0.750. The van der Waals surface area contributed by atoms with Crippen molar-refractivity contribution in [1.29, 1.82) is 0 Å². The summed E-state index contributed by atoms with van der Waals surface area (Å²) in [5.41, 5.74) is 0.933. The lowest BCUT2D eigenvalue weighted by atomic mass is 10.2. The summed E-state index contributed by atoms with van der Waals surface area (Å²) < 4.78 is 11.2. The number of rotatable bonds is 4. The van der Waals surface area contributed by atoms with Crippen molar-refractivity contribution in [3.05, 3.63) is 17.5 Å². The van der Waals surface area contributed by atoms with E-state index in [1.165, 1.54) is 0 Å². The van der Waals surface area contributed by atoms with Gasteiger partial charge in [0, 0.05) is 19.1 Å². The van der Waals surface area contributed by atoms with Crippen molar-refractivity contribution in [2.24, 2.45) is 0 Å². The molecule has 0 radical (unpaired) electrons. The molecule has 1 aromatic heterocycles. The molecule has 0 spiro atoms. The molecule has 0 atom stereocenters. The van der Waals surface area contributed by atoms with Crippen molar-refractivity contribution >= 4 is 8.32 Å². The molecule has 0 aliphatic rings. The average molecular weight is 241 g/mol. The second-order valence-electron chi connectivity index (χ2n) is 5.79. The molecule has 0 N–H and O–H groups in total. The first-order valence-electron chi connectivity index (χ1n) is 5.78. The molecule has 0 bridgehead atoms. The molecule has 1 heterocycles. The molecule has 92 valence electrons. The molecule has 0 saturated carbocycles. The second kappa shape index (κ2) is 4.71. The lowest BCUT2D eigenvalue weighted by molar-refractivity contribution is 0.273. The maximum Gasteiger partial charge on any atom is 0.191 e. The largest absolute Gasteiger partial charge is 0.416 e. The van der Waals surface area contributed by atoms with Crippen LogP contribution in [-0.4, -0.2) is 20.1 Å². The van der Waals surface area contributed by atoms with Gasteiger partial charge in [0.05, 0.1) is 5.69 Å². The summed E-state index contributed by atoms with van der Waals surface area (Å²) in [6.07, 6.45) is 0.813. The maximum atomic E-state index is 6.06. The summed E-state index contributed by atoms with van der Waals surface area (Å²) in [7, 11) is -1.61. The van der Waals surface area contributed by atoms with E-state index in [2.05, 4.69) is 39.0 Å². The SMILES string of the molecule is Cc1cc(CCO[Si](C)(C)C(C)(C)C)on1. The van der Waals surface area contributed by atoms with Crippen molar-refractivity contribution < 1.29 is 8.95 Å². The van der Waals surface area contributed by atoms with E-state index < -0.39 is 8.32 Å². The van der Waals surface area contributed by atoms with E-state index in [1.54, 1.807) is 0 Å². The Morgan fingerprint density at radius 3 is 2.44 bits per heavy atom. The zero-order valence-electron chi connectivity index (χ0n) is 11.3. The van der Waals surface area contributed by atoms with Crippen molar-refractivity contribution in [1.82, 2.24) is 5.16 Å². The minimum Gasteiger partial charge on any atom is -0.416 e. The molecule has 0 amide bonds. The van der Waals surface area contributed by atoms with Crippen molar-refractivity contribution in [2.75, 3.05) is 6.61 Å². The van der Waals surface area contributed by atoms with Crippen LogP contribution in [0.2, 0.25) is 18.1 Å². The summed E-state index contributed by atoms with van der Waals surface area (Å²) in [4.78, 5) is 0. The highest BCUT2D eigenvalue weighted by molar-refractivity contribution is 6.74. The first-order chi connectivity index (χ1) is 7.22. The second-order valence-corrected chi connectivity index (χ2v) is 10.6. The highest BCUT2D eigenvalue weighted by atomic mass is 28.4. The lowest BCUT2D eigenvalue weighted by Gasteiger charge is -2.36. The van der Waals surface area contributed by atoms with Gasteiger partial charge in [0.1, 0.15) is 5.76 Å². The first-order valence-corrected chi connectivity index (χ1v) is 8.69. The third kappa shape index (κ3) is 3.45. The van der Waals surface area contributed by atoms with E-state index in [9.17, 15) is 0 Å². The normalized spacial score (nSPS) is 13.1. The van der Waals surface area contributed by atoms with E-state index in [0.717, 1.165) is 24.5 Å². The van der Waals surface area contributed by atoms with E-state index in [-0.39, 0.29) is 5.04 Å². The van der Waals surface area contributed by atoms with Crippen molar-refractivity contribution in [3.63, 3.8) is 0 Å². The van der Waals surface area contributed by atoms with Gasteiger partial charge < -0.3 is 8.95 Å². The smallest absolute Gasteiger partial charge is 0.191 e. The molecule has 4 heteroatoms. The number of aromatic nitrogens is 1. The van der Waals surface area contributed by atoms with Crippen LogP contribution in [0.5, 0.6) is 0 Å². The van der Waals surface area contributed by atoms with Crippen LogP contribution in [0.3, 0.4) is 0 Å². The molecule has 0 saturated heterocycles. The highest BCUT2D eigenvalue weighted by Crippen LogP contribution is 2.36. The predicted octanol–water partition coefficient (Wildman–Crippen LogP) is 3.55. The van der Waals surface area contributed by atoms with Crippen LogP contribution >= 0.6 is 0 Å². The third-order valence-electron chi connectivity index (χ3n) is 3.29. The van der Waals surface area contributed by atoms with Crippen LogP contribution in [0.4, 0.5) is 0 Å². The standard InChI is InChI=1S/C12H23NO2Si/c1-10-9-11(15-13-10)7-8-14-16(5,6)12(2,3)4/h9H,7-8H2,1-6H3. The van der Waals surface area contributed by atoms with Gasteiger partial charge in [-0.2, -0.15) is 0 Å². The quantitative estimate of drug-likeness (QED) is 0.756. The Labute approximate surface area is 99.3 Å². The molecule has 0 unspecified atom stereocenters. The minimum atomic E-state index is -1.61. The zero-order chi connectivity index (χ0) is 12.4. The van der Waals surface area contributed by atoms with Crippen LogP contribution in [0.25, 0.3) is 0 Å². The summed E-state index contributed by atoms with van der Waals surface area (Å²) in [5.74, 6) is 0.913. The Hall–Kier alpha value is -0.613. The molecule has 1 aromatic rings. The Morgan fingerprint density at radius 1 is 1.38 bits per heavy atom. The fourth-order valence-corrected chi connectivity index (χ4v) is 2.20. The summed E-state index contributed by atoms with van der Waals surface area (Å²) in [6, 6.07) is 1.97. The molecular weight excluding hydrogens is 218 g/mol. The lowest BCUT2D eigenvalue weighted by Crippen LogP contribution is -2.41.